The second-order valence-corrected chi connectivity index (χ2v) is 9.06. The van der Waals surface area contributed by atoms with Crippen molar-refractivity contribution in [2.45, 2.75) is 37.9 Å². The highest BCUT2D eigenvalue weighted by molar-refractivity contribution is 5.84. The Morgan fingerprint density at radius 1 is 1.17 bits per heavy atom. The molecule has 0 bridgehead atoms. The summed E-state index contributed by atoms with van der Waals surface area (Å²) in [5.74, 6) is -0.251. The molecule has 30 heavy (non-hydrogen) atoms. The van der Waals surface area contributed by atoms with Crippen molar-refractivity contribution in [3.05, 3.63) is 71.2 Å². The number of halogens is 1. The minimum atomic E-state index is -0.251. The number of nitrogens with one attached hydrogen (secondary N) is 1. The van der Waals surface area contributed by atoms with Crippen LogP contribution in [0.3, 0.4) is 0 Å². The van der Waals surface area contributed by atoms with Crippen LogP contribution in [0, 0.1) is 12.7 Å². The van der Waals surface area contributed by atoms with Crippen LogP contribution in [0.5, 0.6) is 0 Å². The molecule has 3 aromatic rings. The third kappa shape index (κ3) is 3.36. The number of aromatic nitrogens is 1. The number of hydrogen-bond acceptors (Lipinski definition) is 4. The fourth-order valence-corrected chi connectivity index (χ4v) is 4.52. The number of fused-ring (bicyclic) bond motifs is 1. The van der Waals surface area contributed by atoms with Gasteiger partial charge >= 0.3 is 0 Å². The summed E-state index contributed by atoms with van der Waals surface area (Å²) in [5.41, 5.74) is 5.49. The molecular weight excluding hydrogens is 375 g/mol. The van der Waals surface area contributed by atoms with Crippen LogP contribution in [0.1, 0.15) is 29.5 Å². The number of anilines is 1. The Morgan fingerprint density at radius 2 is 1.97 bits per heavy atom. The van der Waals surface area contributed by atoms with Crippen molar-refractivity contribution < 1.29 is 4.39 Å². The molecule has 0 radical (unpaired) electrons. The zero-order chi connectivity index (χ0) is 20.9. The molecule has 1 aliphatic heterocycles. The first-order valence-corrected chi connectivity index (χ1v) is 10.8. The van der Waals surface area contributed by atoms with Crippen LogP contribution in [0.25, 0.3) is 10.9 Å². The third-order valence-electron chi connectivity index (χ3n) is 6.89. The van der Waals surface area contributed by atoms with Gasteiger partial charge in [-0.1, -0.05) is 18.2 Å². The fourth-order valence-electron chi connectivity index (χ4n) is 4.52. The first-order valence-electron chi connectivity index (χ1n) is 10.8. The van der Waals surface area contributed by atoms with Crippen LogP contribution in [-0.2, 0) is 12.1 Å². The molecular formula is C25H29FN4. The third-order valence-corrected chi connectivity index (χ3v) is 6.89. The standard InChI is InChI=1S/C25H29FN4/c1-17-6-7-19(30-15-20(16-30)29(2)3)13-18(17)14-28-25(10-11-25)22-8-9-23(26)24-21(22)5-4-12-27-24/h4-9,12-13,20,28H,10-11,14-16H2,1-3H3. The summed E-state index contributed by atoms with van der Waals surface area (Å²) in [5, 5.41) is 4.73. The second-order valence-electron chi connectivity index (χ2n) is 9.06. The molecule has 2 aromatic carbocycles. The summed E-state index contributed by atoms with van der Waals surface area (Å²) in [7, 11) is 4.30. The summed E-state index contributed by atoms with van der Waals surface area (Å²) in [6.45, 7) is 5.16. The first kappa shape index (κ1) is 19.5. The van der Waals surface area contributed by atoms with E-state index in [9.17, 15) is 4.39 Å². The van der Waals surface area contributed by atoms with Crippen LogP contribution in [-0.4, -0.2) is 43.1 Å². The molecule has 0 amide bonds. The maximum Gasteiger partial charge on any atom is 0.149 e. The molecule has 5 heteroatoms. The molecule has 0 atom stereocenters. The van der Waals surface area contributed by atoms with Crippen molar-refractivity contribution >= 4 is 16.6 Å². The lowest BCUT2D eigenvalue weighted by Crippen LogP contribution is -2.57. The Kier molecular flexibility index (Phi) is 4.75. The van der Waals surface area contributed by atoms with Gasteiger partial charge in [0.25, 0.3) is 0 Å². The van der Waals surface area contributed by atoms with Gasteiger partial charge in [-0.25, -0.2) is 4.39 Å². The number of likely N-dealkylation sites (N-methyl/N-ethyl adjacent to an activating group) is 1. The Morgan fingerprint density at radius 3 is 2.70 bits per heavy atom. The predicted octanol–water partition coefficient (Wildman–Crippen LogP) is 4.21. The molecule has 2 aliphatic rings. The van der Waals surface area contributed by atoms with Gasteiger partial charge in [-0.2, -0.15) is 0 Å². The Balaban J connectivity index is 1.36. The number of rotatable bonds is 6. The molecule has 0 unspecified atom stereocenters. The Hall–Kier alpha value is -2.50. The molecule has 1 aliphatic carbocycles. The van der Waals surface area contributed by atoms with E-state index in [2.05, 4.69) is 59.3 Å². The van der Waals surface area contributed by atoms with Crippen LogP contribution < -0.4 is 10.2 Å². The van der Waals surface area contributed by atoms with Crippen LogP contribution in [0.4, 0.5) is 10.1 Å². The highest BCUT2D eigenvalue weighted by Gasteiger charge is 2.45. The molecule has 156 valence electrons. The lowest BCUT2D eigenvalue weighted by Gasteiger charge is -2.44. The Bertz CT molecular complexity index is 1080. The number of benzene rings is 2. The maximum absolute atomic E-state index is 14.2. The minimum Gasteiger partial charge on any atom is -0.368 e. The molecule has 1 N–H and O–H groups in total. The van der Waals surface area contributed by atoms with E-state index in [0.29, 0.717) is 11.6 Å². The molecule has 4 nitrogen and oxygen atoms in total. The first-order chi connectivity index (χ1) is 14.5. The summed E-state index contributed by atoms with van der Waals surface area (Å²) < 4.78 is 14.2. The van der Waals surface area contributed by atoms with Crippen LogP contribution in [0.15, 0.2) is 48.7 Å². The monoisotopic (exact) mass is 404 g/mol. The van der Waals surface area contributed by atoms with Crippen molar-refractivity contribution in [1.82, 2.24) is 15.2 Å². The highest BCUT2D eigenvalue weighted by Crippen LogP contribution is 2.48. The van der Waals surface area contributed by atoms with Gasteiger partial charge in [-0.05, 0) is 74.8 Å². The predicted molar refractivity (Wildman–Crippen MR) is 120 cm³/mol. The molecule has 5 rings (SSSR count). The highest BCUT2D eigenvalue weighted by atomic mass is 19.1. The summed E-state index contributed by atoms with van der Waals surface area (Å²) in [4.78, 5) is 9.01. The quantitative estimate of drug-likeness (QED) is 0.667. The number of hydrogen-bond donors (Lipinski definition) is 1. The van der Waals surface area contributed by atoms with E-state index in [1.54, 1.807) is 12.3 Å². The van der Waals surface area contributed by atoms with Gasteiger partial charge in [-0.15, -0.1) is 0 Å². The van der Waals surface area contributed by atoms with Gasteiger partial charge in [0.2, 0.25) is 0 Å². The van der Waals surface area contributed by atoms with E-state index in [0.717, 1.165) is 43.4 Å². The summed E-state index contributed by atoms with van der Waals surface area (Å²) >= 11 is 0. The molecule has 0 spiro atoms. The van der Waals surface area contributed by atoms with Gasteiger partial charge < -0.3 is 15.1 Å². The van der Waals surface area contributed by atoms with Crippen molar-refractivity contribution in [3.8, 4) is 0 Å². The number of nitrogens with zero attached hydrogens (tertiary/aromatic N) is 3. The fraction of sp³-hybridized carbons (Fsp3) is 0.400. The van der Waals surface area contributed by atoms with Gasteiger partial charge in [0, 0.05) is 48.5 Å². The topological polar surface area (TPSA) is 31.4 Å². The average molecular weight is 405 g/mol. The van der Waals surface area contributed by atoms with E-state index in [1.807, 2.05) is 18.2 Å². The zero-order valence-corrected chi connectivity index (χ0v) is 18.0. The molecule has 2 heterocycles. The van der Waals surface area contributed by atoms with Crippen molar-refractivity contribution in [2.75, 3.05) is 32.1 Å². The van der Waals surface area contributed by atoms with Gasteiger partial charge in [-0.3, -0.25) is 4.98 Å². The smallest absolute Gasteiger partial charge is 0.149 e. The largest absolute Gasteiger partial charge is 0.368 e. The molecule has 1 saturated heterocycles. The Labute approximate surface area is 177 Å². The minimum absolute atomic E-state index is 0.0792. The molecule has 1 aromatic heterocycles. The van der Waals surface area contributed by atoms with Crippen molar-refractivity contribution in [3.63, 3.8) is 0 Å². The average Bonchev–Trinajstić information content (AvgIpc) is 3.48. The van der Waals surface area contributed by atoms with Gasteiger partial charge in [0.15, 0.2) is 0 Å². The van der Waals surface area contributed by atoms with E-state index >= 15 is 0 Å². The lowest BCUT2D eigenvalue weighted by molar-refractivity contribution is 0.247. The number of aryl methyl sites for hydroxylation is 1. The van der Waals surface area contributed by atoms with E-state index < -0.39 is 0 Å². The second kappa shape index (κ2) is 7.33. The maximum atomic E-state index is 14.2. The SMILES string of the molecule is Cc1ccc(N2CC(N(C)C)C2)cc1CNC1(c2ccc(F)c3ncccc23)CC1. The molecule has 1 saturated carbocycles. The van der Waals surface area contributed by atoms with E-state index in [4.69, 9.17) is 0 Å². The lowest BCUT2D eigenvalue weighted by atomic mass is 9.98. The van der Waals surface area contributed by atoms with Crippen molar-refractivity contribution in [1.29, 1.82) is 0 Å². The van der Waals surface area contributed by atoms with Crippen LogP contribution >= 0.6 is 0 Å². The van der Waals surface area contributed by atoms with Gasteiger partial charge in [0.05, 0.1) is 0 Å². The van der Waals surface area contributed by atoms with Gasteiger partial charge in [0.1, 0.15) is 11.3 Å². The zero-order valence-electron chi connectivity index (χ0n) is 18.0. The van der Waals surface area contributed by atoms with Crippen LogP contribution in [0.2, 0.25) is 0 Å². The van der Waals surface area contributed by atoms with E-state index in [1.165, 1.54) is 16.8 Å². The summed E-state index contributed by atoms with van der Waals surface area (Å²) in [6.07, 6.45) is 3.80. The van der Waals surface area contributed by atoms with E-state index in [-0.39, 0.29) is 11.4 Å². The number of pyridine rings is 1. The molecule has 2 fully saturated rings. The van der Waals surface area contributed by atoms with Crippen molar-refractivity contribution in [2.24, 2.45) is 0 Å². The normalized spacial score (nSPS) is 18.1. The summed E-state index contributed by atoms with van der Waals surface area (Å²) in [6, 6.07) is 14.8.